The lowest BCUT2D eigenvalue weighted by Gasteiger charge is -2.25. The van der Waals surface area contributed by atoms with Crippen LogP contribution in [0, 0.1) is 0 Å². The molecule has 8 heteroatoms. The van der Waals surface area contributed by atoms with E-state index in [4.69, 9.17) is 16.3 Å². The zero-order chi connectivity index (χ0) is 26.5. The van der Waals surface area contributed by atoms with Crippen LogP contribution in [-0.4, -0.2) is 27.5 Å². The SMILES string of the molecule is CCOc1ccc(N(CC(=O)NC(C)c2ccc(C(C)(C)C)cc2)S(=O)(=O)c2ccc(Cl)cc2)cc1. The molecule has 1 atom stereocenters. The molecule has 0 saturated heterocycles. The quantitative estimate of drug-likeness (QED) is 0.363. The third-order valence-corrected chi connectivity index (χ3v) is 7.82. The van der Waals surface area contributed by atoms with Crippen molar-refractivity contribution in [2.75, 3.05) is 17.5 Å². The Morgan fingerprint density at radius 1 is 0.972 bits per heavy atom. The first-order valence-electron chi connectivity index (χ1n) is 11.8. The van der Waals surface area contributed by atoms with E-state index in [0.29, 0.717) is 23.1 Å². The third-order valence-electron chi connectivity index (χ3n) is 5.78. The number of carbonyl (C=O) groups is 1. The van der Waals surface area contributed by atoms with Gasteiger partial charge in [-0.2, -0.15) is 0 Å². The average molecular weight is 529 g/mol. The van der Waals surface area contributed by atoms with Crippen molar-refractivity contribution in [2.24, 2.45) is 0 Å². The molecular formula is C28H33ClN2O4S. The van der Waals surface area contributed by atoms with E-state index < -0.39 is 15.9 Å². The number of nitrogens with zero attached hydrogens (tertiary/aromatic N) is 1. The van der Waals surface area contributed by atoms with Crippen LogP contribution in [0.25, 0.3) is 0 Å². The third kappa shape index (κ3) is 6.80. The van der Waals surface area contributed by atoms with Crippen molar-refractivity contribution in [1.82, 2.24) is 5.32 Å². The number of benzene rings is 3. The molecule has 0 spiro atoms. The van der Waals surface area contributed by atoms with Gasteiger partial charge in [-0.25, -0.2) is 8.42 Å². The van der Waals surface area contributed by atoms with E-state index in [1.807, 2.05) is 26.0 Å². The zero-order valence-corrected chi connectivity index (χ0v) is 22.9. The number of amides is 1. The number of halogens is 1. The maximum Gasteiger partial charge on any atom is 0.264 e. The van der Waals surface area contributed by atoms with Crippen molar-refractivity contribution in [1.29, 1.82) is 0 Å². The van der Waals surface area contributed by atoms with Gasteiger partial charge in [-0.3, -0.25) is 9.10 Å². The molecular weight excluding hydrogens is 496 g/mol. The largest absolute Gasteiger partial charge is 0.494 e. The molecule has 0 saturated carbocycles. The Morgan fingerprint density at radius 3 is 2.08 bits per heavy atom. The first kappa shape index (κ1) is 27.6. The van der Waals surface area contributed by atoms with Gasteiger partial charge in [0.2, 0.25) is 5.91 Å². The predicted octanol–water partition coefficient (Wildman–Crippen LogP) is 6.11. The smallest absolute Gasteiger partial charge is 0.264 e. The summed E-state index contributed by atoms with van der Waals surface area (Å²) < 4.78 is 33.7. The van der Waals surface area contributed by atoms with Crippen molar-refractivity contribution in [3.05, 3.63) is 88.9 Å². The highest BCUT2D eigenvalue weighted by molar-refractivity contribution is 7.92. The molecule has 0 aromatic heterocycles. The molecule has 0 heterocycles. The lowest BCUT2D eigenvalue weighted by molar-refractivity contribution is -0.120. The topological polar surface area (TPSA) is 75.7 Å². The van der Waals surface area contributed by atoms with Gasteiger partial charge in [-0.1, -0.05) is 56.6 Å². The standard InChI is InChI=1S/C28H33ClN2O4S/c1-6-35-25-15-13-24(14-16-25)31(36(33,34)26-17-11-23(29)12-18-26)19-27(32)30-20(2)21-7-9-22(10-8-21)28(3,4)5/h7-18,20H,6,19H2,1-5H3,(H,30,32). The number of anilines is 1. The second-order valence-corrected chi connectivity index (χ2v) is 11.9. The van der Waals surface area contributed by atoms with Crippen LogP contribution in [-0.2, 0) is 20.2 Å². The van der Waals surface area contributed by atoms with Crippen molar-refractivity contribution in [3.63, 3.8) is 0 Å². The van der Waals surface area contributed by atoms with Crippen molar-refractivity contribution in [2.45, 2.75) is 51.0 Å². The summed E-state index contributed by atoms with van der Waals surface area (Å²) in [6.45, 7) is 10.3. The van der Waals surface area contributed by atoms with Crippen LogP contribution in [0.3, 0.4) is 0 Å². The fourth-order valence-corrected chi connectivity index (χ4v) is 5.24. The summed E-state index contributed by atoms with van der Waals surface area (Å²) in [7, 11) is -4.04. The fourth-order valence-electron chi connectivity index (χ4n) is 3.70. The molecule has 192 valence electrons. The van der Waals surface area contributed by atoms with Crippen LogP contribution in [0.4, 0.5) is 5.69 Å². The summed E-state index contributed by atoms with van der Waals surface area (Å²) in [4.78, 5) is 13.1. The predicted molar refractivity (Wildman–Crippen MR) is 145 cm³/mol. The molecule has 0 radical (unpaired) electrons. The molecule has 0 aliphatic carbocycles. The summed E-state index contributed by atoms with van der Waals surface area (Å²) in [5, 5.41) is 3.35. The molecule has 1 N–H and O–H groups in total. The summed E-state index contributed by atoms with van der Waals surface area (Å²) in [5.41, 5.74) is 2.51. The highest BCUT2D eigenvalue weighted by Gasteiger charge is 2.28. The maximum absolute atomic E-state index is 13.5. The molecule has 0 aliphatic rings. The van der Waals surface area contributed by atoms with Crippen LogP contribution in [0.1, 0.15) is 51.8 Å². The Labute approximate surface area is 219 Å². The minimum atomic E-state index is -4.04. The average Bonchev–Trinajstić information content (AvgIpc) is 2.83. The van der Waals surface area contributed by atoms with Gasteiger partial charge in [0.25, 0.3) is 10.0 Å². The molecule has 6 nitrogen and oxygen atoms in total. The Hall–Kier alpha value is -3.03. The van der Waals surface area contributed by atoms with Crippen LogP contribution in [0.5, 0.6) is 5.75 Å². The second-order valence-electron chi connectivity index (χ2n) is 9.55. The first-order valence-corrected chi connectivity index (χ1v) is 13.6. The van der Waals surface area contributed by atoms with Gasteiger partial charge in [0.1, 0.15) is 12.3 Å². The van der Waals surface area contributed by atoms with Crippen molar-refractivity contribution < 1.29 is 17.9 Å². The van der Waals surface area contributed by atoms with Crippen LogP contribution >= 0.6 is 11.6 Å². The van der Waals surface area contributed by atoms with Gasteiger partial charge in [-0.05, 0) is 78.9 Å². The fraction of sp³-hybridized carbons (Fsp3) is 0.321. The maximum atomic E-state index is 13.5. The van der Waals surface area contributed by atoms with Gasteiger partial charge in [0.15, 0.2) is 0 Å². The van der Waals surface area contributed by atoms with Gasteiger partial charge in [0, 0.05) is 5.02 Å². The number of carbonyl (C=O) groups excluding carboxylic acids is 1. The van der Waals surface area contributed by atoms with E-state index in [2.05, 4.69) is 38.2 Å². The molecule has 0 aliphatic heterocycles. The lowest BCUT2D eigenvalue weighted by atomic mass is 9.86. The van der Waals surface area contributed by atoms with Gasteiger partial charge < -0.3 is 10.1 Å². The van der Waals surface area contributed by atoms with Crippen molar-refractivity contribution >= 4 is 33.2 Å². The number of hydrogen-bond donors (Lipinski definition) is 1. The van der Waals surface area contributed by atoms with E-state index in [0.717, 1.165) is 9.87 Å². The second kappa shape index (κ2) is 11.4. The Bertz CT molecular complexity index is 1270. The molecule has 3 rings (SSSR count). The van der Waals surface area contributed by atoms with E-state index in [-0.39, 0.29) is 22.9 Å². The number of hydrogen-bond acceptors (Lipinski definition) is 4. The molecule has 3 aromatic carbocycles. The molecule has 0 bridgehead atoms. The Kier molecular flexibility index (Phi) is 8.69. The first-order chi connectivity index (χ1) is 16.9. The lowest BCUT2D eigenvalue weighted by Crippen LogP contribution is -2.41. The summed E-state index contributed by atoms with van der Waals surface area (Å²) in [6.07, 6.45) is 0. The monoisotopic (exact) mass is 528 g/mol. The van der Waals surface area contributed by atoms with Crippen LogP contribution in [0.15, 0.2) is 77.7 Å². The van der Waals surface area contributed by atoms with Crippen LogP contribution in [0.2, 0.25) is 5.02 Å². The normalized spacial score (nSPS) is 12.6. The number of ether oxygens (including phenoxy) is 1. The van der Waals surface area contributed by atoms with Gasteiger partial charge >= 0.3 is 0 Å². The molecule has 0 fully saturated rings. The molecule has 1 amide bonds. The molecule has 36 heavy (non-hydrogen) atoms. The minimum absolute atomic E-state index is 0.0270. The van der Waals surface area contributed by atoms with Gasteiger partial charge in [0.05, 0.1) is 23.2 Å². The molecule has 1 unspecified atom stereocenters. The minimum Gasteiger partial charge on any atom is -0.494 e. The van der Waals surface area contributed by atoms with E-state index in [1.165, 1.54) is 29.8 Å². The van der Waals surface area contributed by atoms with Gasteiger partial charge in [-0.15, -0.1) is 0 Å². The Morgan fingerprint density at radius 2 is 1.56 bits per heavy atom. The summed E-state index contributed by atoms with van der Waals surface area (Å²) in [5.74, 6) is 0.190. The number of nitrogens with one attached hydrogen (secondary N) is 1. The van der Waals surface area contributed by atoms with Crippen LogP contribution < -0.4 is 14.4 Å². The Balaban J connectivity index is 1.85. The van der Waals surface area contributed by atoms with E-state index >= 15 is 0 Å². The van der Waals surface area contributed by atoms with Crippen molar-refractivity contribution in [3.8, 4) is 5.75 Å². The van der Waals surface area contributed by atoms with E-state index in [9.17, 15) is 13.2 Å². The highest BCUT2D eigenvalue weighted by Crippen LogP contribution is 2.27. The summed E-state index contributed by atoms with van der Waals surface area (Å²) in [6, 6.07) is 20.3. The molecule has 3 aromatic rings. The number of rotatable bonds is 9. The number of sulfonamides is 1. The highest BCUT2D eigenvalue weighted by atomic mass is 35.5. The van der Waals surface area contributed by atoms with E-state index in [1.54, 1.807) is 24.3 Å². The zero-order valence-electron chi connectivity index (χ0n) is 21.3. The summed E-state index contributed by atoms with van der Waals surface area (Å²) >= 11 is 5.95.